The maximum Gasteiger partial charge on any atom is 0.361 e. The van der Waals surface area contributed by atoms with Crippen molar-refractivity contribution in [1.82, 2.24) is 0 Å². The summed E-state index contributed by atoms with van der Waals surface area (Å²) < 4.78 is 22.9. The fourth-order valence-corrected chi connectivity index (χ4v) is 8.42. The van der Waals surface area contributed by atoms with Crippen molar-refractivity contribution in [3.63, 3.8) is 0 Å². The van der Waals surface area contributed by atoms with Crippen LogP contribution >= 0.6 is 0 Å². The molecule has 2 atom stereocenters. The molecule has 0 radical (unpaired) electrons. The number of aliphatic carboxylic acids is 1. The van der Waals surface area contributed by atoms with Gasteiger partial charge in [-0.2, -0.15) is 0 Å². The Morgan fingerprint density at radius 1 is 0.380 bits per heavy atom. The Hall–Kier alpha value is -4.31. The van der Waals surface area contributed by atoms with Gasteiger partial charge in [-0.1, -0.05) is 251 Å². The molecule has 0 aliphatic rings. The highest BCUT2D eigenvalue weighted by Gasteiger charge is 2.25. The molecule has 0 aromatic heterocycles. The zero-order valence-electron chi connectivity index (χ0n) is 51.2. The number of rotatable bonds is 57. The van der Waals surface area contributed by atoms with Gasteiger partial charge in [-0.25, -0.2) is 4.79 Å². The summed E-state index contributed by atoms with van der Waals surface area (Å²) in [6.07, 6.45) is 81.4. The minimum atomic E-state index is -1.52. The molecule has 0 saturated heterocycles. The van der Waals surface area contributed by atoms with E-state index >= 15 is 0 Å². The van der Waals surface area contributed by atoms with Crippen LogP contribution in [0, 0.1) is 0 Å². The molecule has 0 aliphatic heterocycles. The van der Waals surface area contributed by atoms with Gasteiger partial charge in [0.2, 0.25) is 0 Å². The Kier molecular flexibility index (Phi) is 56.5. The summed E-state index contributed by atoms with van der Waals surface area (Å²) >= 11 is 0. The molecular weight excluding hydrogens is 983 g/mol. The van der Waals surface area contributed by atoms with E-state index in [0.717, 1.165) is 116 Å². The van der Waals surface area contributed by atoms with E-state index in [0.29, 0.717) is 17.4 Å². The number of nitrogens with zero attached hydrogens (tertiary/aromatic N) is 1. The normalized spacial score (nSPS) is 13.6. The minimum Gasteiger partial charge on any atom is -0.477 e. The van der Waals surface area contributed by atoms with E-state index in [2.05, 4.69) is 135 Å². The fraction of sp³-hybridized carbons (Fsp3) is 0.671. The molecule has 0 aromatic carbocycles. The lowest BCUT2D eigenvalue weighted by atomic mass is 10.0. The molecule has 1 N–H and O–H groups in total. The third-order valence-electron chi connectivity index (χ3n) is 13.2. The molecule has 0 spiro atoms. The Morgan fingerprint density at radius 3 is 1.01 bits per heavy atom. The third-order valence-corrected chi connectivity index (χ3v) is 13.2. The number of esters is 2. The molecule has 9 nitrogen and oxygen atoms in total. The number of ether oxygens (including phenoxy) is 4. The molecule has 0 rings (SSSR count). The van der Waals surface area contributed by atoms with Crippen molar-refractivity contribution in [3.05, 3.63) is 122 Å². The first kappa shape index (κ1) is 74.7. The molecule has 0 heterocycles. The lowest BCUT2D eigenvalue weighted by Gasteiger charge is -2.25. The third kappa shape index (κ3) is 61.2. The Bertz CT molecular complexity index is 1710. The number of unbranched alkanes of at least 4 members (excludes halogenated alkanes) is 22. The van der Waals surface area contributed by atoms with Crippen molar-refractivity contribution in [2.45, 2.75) is 257 Å². The van der Waals surface area contributed by atoms with Crippen molar-refractivity contribution >= 4 is 17.9 Å². The maximum atomic E-state index is 12.9. The summed E-state index contributed by atoms with van der Waals surface area (Å²) in [7, 11) is 5.96. The molecule has 79 heavy (non-hydrogen) atoms. The number of hydrogen-bond acceptors (Lipinski definition) is 7. The van der Waals surface area contributed by atoms with E-state index in [-0.39, 0.29) is 38.6 Å². The van der Waals surface area contributed by atoms with Crippen LogP contribution in [0.15, 0.2) is 122 Å². The lowest BCUT2D eigenvalue weighted by molar-refractivity contribution is -0.870. The van der Waals surface area contributed by atoms with Crippen molar-refractivity contribution in [3.8, 4) is 0 Å². The summed E-state index contributed by atoms with van der Waals surface area (Å²) in [6.45, 7) is 4.64. The average Bonchev–Trinajstić information content (AvgIpc) is 3.42. The van der Waals surface area contributed by atoms with Crippen LogP contribution in [0.4, 0.5) is 0 Å². The van der Waals surface area contributed by atoms with E-state index in [1.54, 1.807) is 0 Å². The second-order valence-corrected chi connectivity index (χ2v) is 22.0. The Balaban J connectivity index is 4.22. The highest BCUT2D eigenvalue weighted by molar-refractivity contribution is 5.71. The van der Waals surface area contributed by atoms with Gasteiger partial charge in [0.1, 0.15) is 13.2 Å². The minimum absolute atomic E-state index is 0.181. The predicted octanol–water partition coefficient (Wildman–Crippen LogP) is 19.2. The number of carbonyl (C=O) groups excluding carboxylic acids is 2. The van der Waals surface area contributed by atoms with Crippen LogP contribution in [0.25, 0.3) is 0 Å². The number of likely N-dealkylation sites (N-methyl/N-ethyl adjacent to an activating group) is 1. The standard InChI is InChI=1S/C70H117NO8/c1-6-8-10-12-14-16-18-20-22-24-26-28-30-32-33-34-35-37-39-41-43-45-47-49-51-53-55-57-59-61-68(73)79-66(65-78-70(69(74)75)76-63-62-71(3,4)5)64-77-67(72)60-58-56-54-52-50-48-46-44-42-40-38-36-31-29-27-25-23-21-19-17-15-13-11-9-7-2/h8-11,14-17,20-23,26-29,32-33,36,38,66,70H,6-7,12-13,18-19,24-25,30-31,34-35,37,39-65H2,1-5H3/p+1/b10-8-,11-9-,16-14-,17-15-,22-20-,23-21-,28-26-,29-27-,33-32-,38-36-. The molecule has 0 bridgehead atoms. The van der Waals surface area contributed by atoms with Crippen LogP contribution < -0.4 is 0 Å². The van der Waals surface area contributed by atoms with E-state index < -0.39 is 24.3 Å². The van der Waals surface area contributed by atoms with Crippen LogP contribution in [0.1, 0.15) is 245 Å². The topological polar surface area (TPSA) is 108 Å². The molecule has 9 heteroatoms. The highest BCUT2D eigenvalue weighted by atomic mass is 16.7. The van der Waals surface area contributed by atoms with E-state index in [9.17, 15) is 19.5 Å². The largest absolute Gasteiger partial charge is 0.477 e. The van der Waals surface area contributed by atoms with Gasteiger partial charge in [0, 0.05) is 12.8 Å². The average molecular weight is 1100 g/mol. The first-order chi connectivity index (χ1) is 38.6. The second-order valence-electron chi connectivity index (χ2n) is 22.0. The summed E-state index contributed by atoms with van der Waals surface area (Å²) in [5, 5.41) is 9.73. The smallest absolute Gasteiger partial charge is 0.361 e. The summed E-state index contributed by atoms with van der Waals surface area (Å²) in [5.41, 5.74) is 0. The molecule has 0 amide bonds. The summed E-state index contributed by atoms with van der Waals surface area (Å²) in [6, 6.07) is 0. The van der Waals surface area contributed by atoms with Crippen molar-refractivity contribution in [1.29, 1.82) is 0 Å². The van der Waals surface area contributed by atoms with Crippen LogP contribution in [0.3, 0.4) is 0 Å². The van der Waals surface area contributed by atoms with Crippen LogP contribution in [-0.2, 0) is 33.3 Å². The van der Waals surface area contributed by atoms with Crippen LogP contribution in [0.5, 0.6) is 0 Å². The second kappa shape index (κ2) is 59.8. The molecule has 2 unspecified atom stereocenters. The van der Waals surface area contributed by atoms with Gasteiger partial charge in [0.05, 0.1) is 34.4 Å². The first-order valence-electron chi connectivity index (χ1n) is 31.7. The van der Waals surface area contributed by atoms with Gasteiger partial charge in [-0.3, -0.25) is 9.59 Å². The van der Waals surface area contributed by atoms with Crippen molar-refractivity contribution in [2.24, 2.45) is 0 Å². The molecule has 450 valence electrons. The van der Waals surface area contributed by atoms with Gasteiger partial charge in [-0.15, -0.1) is 0 Å². The maximum absolute atomic E-state index is 12.9. The molecular formula is C70H118NO8+. The van der Waals surface area contributed by atoms with E-state index in [1.807, 2.05) is 21.1 Å². The number of hydrogen-bond donors (Lipinski definition) is 1. The van der Waals surface area contributed by atoms with E-state index in [4.69, 9.17) is 18.9 Å². The lowest BCUT2D eigenvalue weighted by Crippen LogP contribution is -2.40. The number of carbonyl (C=O) groups is 3. The molecule has 0 aromatic rings. The summed E-state index contributed by atoms with van der Waals surface area (Å²) in [5.74, 6) is -2.02. The fourth-order valence-electron chi connectivity index (χ4n) is 8.42. The number of allylic oxidation sites excluding steroid dienone is 20. The van der Waals surface area contributed by atoms with Crippen molar-refractivity contribution in [2.75, 3.05) is 47.5 Å². The SMILES string of the molecule is CC/C=C\C/C=C\C/C=C\C/C=C\C/C=C\CCCCCCCCCCCCCCCC(=O)OC(COC(=O)CCCCCCCCCCC/C=C\C/C=C\C/C=C\C/C=C\C/C=C\CC)COC(OCC[N+](C)(C)C)C(=O)O. The number of carboxylic acids is 1. The Labute approximate surface area is 485 Å². The predicted molar refractivity (Wildman–Crippen MR) is 336 cm³/mol. The zero-order chi connectivity index (χ0) is 57.6. The van der Waals surface area contributed by atoms with Gasteiger partial charge in [0.25, 0.3) is 6.29 Å². The Morgan fingerprint density at radius 2 is 0.684 bits per heavy atom. The first-order valence-corrected chi connectivity index (χ1v) is 31.7. The molecule has 0 fully saturated rings. The monoisotopic (exact) mass is 1100 g/mol. The number of carboxylic acid groups (broad SMARTS) is 1. The van der Waals surface area contributed by atoms with E-state index in [1.165, 1.54) is 96.3 Å². The van der Waals surface area contributed by atoms with Gasteiger partial charge in [0.15, 0.2) is 6.10 Å². The van der Waals surface area contributed by atoms with Gasteiger partial charge < -0.3 is 28.5 Å². The van der Waals surface area contributed by atoms with Gasteiger partial charge in [-0.05, 0) is 103 Å². The van der Waals surface area contributed by atoms with Gasteiger partial charge >= 0.3 is 17.9 Å². The number of quaternary nitrogens is 1. The molecule has 0 saturated carbocycles. The van der Waals surface area contributed by atoms with Crippen LogP contribution in [0.2, 0.25) is 0 Å². The zero-order valence-corrected chi connectivity index (χ0v) is 51.2. The summed E-state index contributed by atoms with van der Waals surface area (Å²) in [4.78, 5) is 37.6. The highest BCUT2D eigenvalue weighted by Crippen LogP contribution is 2.16. The quantitative estimate of drug-likeness (QED) is 0.0211. The molecule has 0 aliphatic carbocycles. The van der Waals surface area contributed by atoms with Crippen LogP contribution in [-0.4, -0.2) is 87.4 Å². The van der Waals surface area contributed by atoms with Crippen molar-refractivity contribution < 1.29 is 42.9 Å².